The third-order valence-corrected chi connectivity index (χ3v) is 11.1. The van der Waals surface area contributed by atoms with Crippen LogP contribution >= 0.6 is 0 Å². The zero-order chi connectivity index (χ0) is 20.7. The van der Waals surface area contributed by atoms with Crippen LogP contribution in [0.15, 0.2) is 24.3 Å². The molecule has 2 nitrogen and oxygen atoms in total. The topological polar surface area (TPSA) is 18.5 Å². The normalized spacial score (nSPS) is 14.6. The highest BCUT2D eigenvalue weighted by Crippen LogP contribution is 2.50. The van der Waals surface area contributed by atoms with E-state index < -0.39 is 8.32 Å². The van der Waals surface area contributed by atoms with E-state index in [2.05, 4.69) is 72.0 Å². The van der Waals surface area contributed by atoms with Crippen molar-refractivity contribution in [2.75, 3.05) is 7.11 Å². The molecule has 0 heterocycles. The molecule has 0 aromatic heterocycles. The molecule has 0 amide bonds. The van der Waals surface area contributed by atoms with E-state index in [0.717, 1.165) is 24.3 Å². The molecule has 3 heteroatoms. The van der Waals surface area contributed by atoms with Crippen LogP contribution in [-0.2, 0) is 12.8 Å². The lowest BCUT2D eigenvalue weighted by Crippen LogP contribution is -2.44. The minimum atomic E-state index is -1.98. The van der Waals surface area contributed by atoms with Gasteiger partial charge in [-0.25, -0.2) is 0 Å². The molecule has 2 aromatic carbocycles. The first-order valence-electron chi connectivity index (χ1n) is 10.6. The Bertz CT molecular complexity index is 875. The Morgan fingerprint density at radius 3 is 2.00 bits per heavy atom. The lowest BCUT2D eigenvalue weighted by Gasteiger charge is -2.39. The smallest absolute Gasteiger partial charge is 0.250 e. The van der Waals surface area contributed by atoms with E-state index in [0.29, 0.717) is 0 Å². The second kappa shape index (κ2) is 7.59. The summed E-state index contributed by atoms with van der Waals surface area (Å²) in [6.07, 6.45) is 4.61. The maximum atomic E-state index is 7.07. The maximum absolute atomic E-state index is 7.07. The Morgan fingerprint density at radius 1 is 0.893 bits per heavy atom. The summed E-state index contributed by atoms with van der Waals surface area (Å²) >= 11 is 0. The second-order valence-electron chi connectivity index (χ2n) is 9.70. The third-order valence-electron chi connectivity index (χ3n) is 6.74. The van der Waals surface area contributed by atoms with Crippen molar-refractivity contribution in [2.24, 2.45) is 0 Å². The molecule has 0 bridgehead atoms. The van der Waals surface area contributed by atoms with Gasteiger partial charge in [0.25, 0.3) is 8.32 Å². The van der Waals surface area contributed by atoms with Gasteiger partial charge in [-0.05, 0) is 68.8 Å². The van der Waals surface area contributed by atoms with E-state index >= 15 is 0 Å². The molecule has 0 aliphatic heterocycles. The second-order valence-corrected chi connectivity index (χ2v) is 14.4. The van der Waals surface area contributed by atoms with Crippen molar-refractivity contribution >= 4 is 8.32 Å². The molecule has 0 spiro atoms. The van der Waals surface area contributed by atoms with E-state index in [9.17, 15) is 0 Å². The van der Waals surface area contributed by atoms with Gasteiger partial charge >= 0.3 is 0 Å². The van der Waals surface area contributed by atoms with Gasteiger partial charge in [0, 0.05) is 22.3 Å². The van der Waals surface area contributed by atoms with Gasteiger partial charge in [-0.2, -0.15) is 0 Å². The summed E-state index contributed by atoms with van der Waals surface area (Å²) in [7, 11) is -0.165. The summed E-state index contributed by atoms with van der Waals surface area (Å²) < 4.78 is 13.0. The van der Waals surface area contributed by atoms with Crippen LogP contribution in [0.4, 0.5) is 0 Å². The van der Waals surface area contributed by atoms with Crippen molar-refractivity contribution in [1.82, 2.24) is 0 Å². The summed E-state index contributed by atoms with van der Waals surface area (Å²) in [5.41, 5.74) is 7.75. The van der Waals surface area contributed by atoms with Gasteiger partial charge in [-0.15, -0.1) is 0 Å². The molecule has 152 valence electrons. The number of benzene rings is 2. The molecule has 0 radical (unpaired) electrons. The van der Waals surface area contributed by atoms with E-state index in [1.807, 2.05) is 7.11 Å². The van der Waals surface area contributed by atoms with Gasteiger partial charge in [-0.1, -0.05) is 45.0 Å². The minimum Gasteiger partial charge on any atom is -0.543 e. The van der Waals surface area contributed by atoms with Crippen molar-refractivity contribution in [3.05, 3.63) is 46.5 Å². The van der Waals surface area contributed by atoms with E-state index in [1.54, 1.807) is 0 Å². The van der Waals surface area contributed by atoms with Crippen molar-refractivity contribution in [2.45, 2.75) is 78.4 Å². The van der Waals surface area contributed by atoms with Crippen LogP contribution < -0.4 is 9.16 Å². The highest BCUT2D eigenvalue weighted by Gasteiger charge is 2.41. The number of ether oxygens (including phenoxy) is 1. The SMILES string of the molecule is COc1c(C)c(-c2ccccc2C)c(O[Si](C)(C)C(C)(C)C)c2c1CCCC2. The summed E-state index contributed by atoms with van der Waals surface area (Å²) in [5, 5.41) is 0.158. The van der Waals surface area contributed by atoms with Crippen molar-refractivity contribution < 1.29 is 9.16 Å². The van der Waals surface area contributed by atoms with Crippen molar-refractivity contribution in [3.8, 4) is 22.6 Å². The fourth-order valence-electron chi connectivity index (χ4n) is 4.04. The Kier molecular flexibility index (Phi) is 5.68. The summed E-state index contributed by atoms with van der Waals surface area (Å²) in [4.78, 5) is 0. The van der Waals surface area contributed by atoms with E-state index in [4.69, 9.17) is 9.16 Å². The number of hydrogen-bond acceptors (Lipinski definition) is 2. The van der Waals surface area contributed by atoms with Crippen LogP contribution in [-0.4, -0.2) is 15.4 Å². The maximum Gasteiger partial charge on any atom is 0.250 e. The van der Waals surface area contributed by atoms with E-state index in [1.165, 1.54) is 46.2 Å². The number of methoxy groups -OCH3 is 1. The average Bonchev–Trinajstić information content (AvgIpc) is 2.62. The number of aryl methyl sites for hydroxylation is 1. The van der Waals surface area contributed by atoms with Gasteiger partial charge in [0.15, 0.2) is 0 Å². The first-order valence-corrected chi connectivity index (χ1v) is 13.5. The van der Waals surface area contributed by atoms with E-state index in [-0.39, 0.29) is 5.04 Å². The zero-order valence-corrected chi connectivity index (χ0v) is 20.0. The molecule has 1 aliphatic rings. The largest absolute Gasteiger partial charge is 0.543 e. The van der Waals surface area contributed by atoms with Crippen LogP contribution in [0.3, 0.4) is 0 Å². The monoisotopic (exact) mass is 396 g/mol. The van der Waals surface area contributed by atoms with Gasteiger partial charge in [0.05, 0.1) is 7.11 Å². The molecule has 0 saturated carbocycles. The minimum absolute atomic E-state index is 0.158. The summed E-state index contributed by atoms with van der Waals surface area (Å²) in [5.74, 6) is 2.20. The fourth-order valence-corrected chi connectivity index (χ4v) is 5.08. The average molecular weight is 397 g/mol. The standard InChI is InChI=1S/C25H36O2Si/c1-17-13-9-10-14-19(17)22-18(2)23(26-6)20-15-11-12-16-21(20)24(22)27-28(7,8)25(3,4)5/h9-10,13-14H,11-12,15-16H2,1-8H3. The highest BCUT2D eigenvalue weighted by molar-refractivity contribution is 6.74. The number of fused-ring (bicyclic) bond motifs is 1. The molecule has 0 N–H and O–H groups in total. The molecule has 0 atom stereocenters. The highest BCUT2D eigenvalue weighted by atomic mass is 28.4. The van der Waals surface area contributed by atoms with Gasteiger partial charge in [0.2, 0.25) is 0 Å². The van der Waals surface area contributed by atoms with Crippen LogP contribution in [0.25, 0.3) is 11.1 Å². The predicted octanol–water partition coefficient (Wildman–Crippen LogP) is 7.24. The molecule has 0 saturated heterocycles. The van der Waals surface area contributed by atoms with Crippen LogP contribution in [0.5, 0.6) is 11.5 Å². The molecule has 0 unspecified atom stereocenters. The number of hydrogen-bond donors (Lipinski definition) is 0. The molecular weight excluding hydrogens is 360 g/mol. The zero-order valence-electron chi connectivity index (χ0n) is 19.0. The molecule has 1 aliphatic carbocycles. The van der Waals surface area contributed by atoms with Crippen molar-refractivity contribution in [1.29, 1.82) is 0 Å². The Morgan fingerprint density at radius 2 is 1.46 bits per heavy atom. The molecule has 28 heavy (non-hydrogen) atoms. The lowest BCUT2D eigenvalue weighted by molar-refractivity contribution is 0.400. The fraction of sp³-hybridized carbons (Fsp3) is 0.520. The Balaban J connectivity index is 2.35. The molecular formula is C25H36O2Si. The van der Waals surface area contributed by atoms with Crippen LogP contribution in [0, 0.1) is 13.8 Å². The number of rotatable bonds is 4. The summed E-state index contributed by atoms with van der Waals surface area (Å²) in [6, 6.07) is 8.66. The quantitative estimate of drug-likeness (QED) is 0.507. The van der Waals surface area contributed by atoms with Gasteiger partial charge in [0.1, 0.15) is 11.5 Å². The first kappa shape index (κ1) is 21.0. The molecule has 0 fully saturated rings. The third kappa shape index (κ3) is 3.61. The summed E-state index contributed by atoms with van der Waals surface area (Å²) in [6.45, 7) is 16.0. The predicted molar refractivity (Wildman–Crippen MR) is 122 cm³/mol. The molecule has 2 aromatic rings. The van der Waals surface area contributed by atoms with Gasteiger partial charge < -0.3 is 9.16 Å². The van der Waals surface area contributed by atoms with Crippen LogP contribution in [0.2, 0.25) is 18.1 Å². The van der Waals surface area contributed by atoms with Crippen molar-refractivity contribution in [3.63, 3.8) is 0 Å². The first-order chi connectivity index (χ1) is 13.1. The lowest BCUT2D eigenvalue weighted by atomic mass is 9.83. The Hall–Kier alpha value is -1.74. The Labute approximate surface area is 172 Å². The molecule has 3 rings (SSSR count). The van der Waals surface area contributed by atoms with Crippen LogP contribution in [0.1, 0.15) is 55.9 Å². The van der Waals surface area contributed by atoms with Gasteiger partial charge in [-0.3, -0.25) is 0 Å².